The van der Waals surface area contributed by atoms with Gasteiger partial charge in [0.2, 0.25) is 0 Å². The van der Waals surface area contributed by atoms with E-state index in [4.69, 9.17) is 5.73 Å². The number of nitrogens with one attached hydrogen (secondary N) is 1. The van der Waals surface area contributed by atoms with Gasteiger partial charge in [-0.1, -0.05) is 0 Å². The van der Waals surface area contributed by atoms with Gasteiger partial charge in [-0.25, -0.2) is 4.98 Å². The first-order chi connectivity index (χ1) is 9.06. The van der Waals surface area contributed by atoms with Gasteiger partial charge in [0, 0.05) is 0 Å². The van der Waals surface area contributed by atoms with Gasteiger partial charge in [0.15, 0.2) is 0 Å². The van der Waals surface area contributed by atoms with Gasteiger partial charge < -0.3 is 15.8 Å². The summed E-state index contributed by atoms with van der Waals surface area (Å²) in [5.74, 6) is 0.0551. The van der Waals surface area contributed by atoms with Crippen molar-refractivity contribution in [3.63, 3.8) is 0 Å². The molecule has 5 nitrogen and oxygen atoms in total. The van der Waals surface area contributed by atoms with E-state index < -0.39 is 5.91 Å². The number of aromatic nitrogens is 2. The molecule has 7 heteroatoms. The Kier molecular flexibility index (Phi) is 2.79. The van der Waals surface area contributed by atoms with Crippen molar-refractivity contribution >= 4 is 44.2 Å². The molecule has 1 aromatic carbocycles. The van der Waals surface area contributed by atoms with Gasteiger partial charge in [-0.15, -0.1) is 11.3 Å². The van der Waals surface area contributed by atoms with Crippen molar-refractivity contribution in [2.45, 2.75) is 0 Å². The van der Waals surface area contributed by atoms with Gasteiger partial charge in [-0.05, 0) is 40.2 Å². The number of hydrogen-bond donors (Lipinski definition) is 3. The summed E-state index contributed by atoms with van der Waals surface area (Å²) in [6, 6.07) is 6.69. The lowest BCUT2D eigenvalue weighted by atomic mass is 10.1. The molecule has 1 amide bonds. The highest BCUT2D eigenvalue weighted by Gasteiger charge is 2.16. The van der Waals surface area contributed by atoms with E-state index in [-0.39, 0.29) is 11.3 Å². The number of rotatable bonds is 2. The van der Waals surface area contributed by atoms with E-state index in [1.54, 1.807) is 0 Å². The molecule has 0 aliphatic heterocycles. The molecule has 96 valence electrons. The fourth-order valence-electron chi connectivity index (χ4n) is 1.84. The lowest BCUT2D eigenvalue weighted by molar-refractivity contribution is 0.100. The maximum absolute atomic E-state index is 11.4. The number of aromatic amines is 1. The molecule has 2 heterocycles. The molecule has 0 bridgehead atoms. The first kappa shape index (κ1) is 12.2. The van der Waals surface area contributed by atoms with Crippen molar-refractivity contribution in [2.75, 3.05) is 0 Å². The van der Waals surface area contributed by atoms with Crippen LogP contribution in [0.5, 0.6) is 5.75 Å². The van der Waals surface area contributed by atoms with Crippen molar-refractivity contribution in [2.24, 2.45) is 5.73 Å². The van der Waals surface area contributed by atoms with Gasteiger partial charge in [0.1, 0.15) is 22.6 Å². The number of primary amides is 1. The second-order valence-corrected chi connectivity index (χ2v) is 6.37. The summed E-state index contributed by atoms with van der Waals surface area (Å²) < 4.78 is 0.974. The average molecular weight is 338 g/mol. The minimum atomic E-state index is -0.574. The molecule has 2 aromatic heterocycles. The summed E-state index contributed by atoms with van der Waals surface area (Å²) >= 11 is 4.88. The van der Waals surface area contributed by atoms with Crippen LogP contribution in [0.1, 0.15) is 10.4 Å². The first-order valence-electron chi connectivity index (χ1n) is 5.33. The van der Waals surface area contributed by atoms with Crippen molar-refractivity contribution in [1.29, 1.82) is 0 Å². The number of fused-ring (bicyclic) bond motifs is 1. The predicted octanol–water partition coefficient (Wildman–Crippen LogP) is 2.86. The van der Waals surface area contributed by atoms with Crippen molar-refractivity contribution in [1.82, 2.24) is 9.97 Å². The third kappa shape index (κ3) is 2.00. The molecule has 4 N–H and O–H groups in total. The molecule has 0 spiro atoms. The number of amides is 1. The summed E-state index contributed by atoms with van der Waals surface area (Å²) in [6.45, 7) is 0. The lowest BCUT2D eigenvalue weighted by Crippen LogP contribution is -2.11. The Balaban J connectivity index is 2.28. The summed E-state index contributed by atoms with van der Waals surface area (Å²) in [5.41, 5.74) is 6.38. The van der Waals surface area contributed by atoms with Crippen LogP contribution in [0, 0.1) is 0 Å². The first-order valence-corrected chi connectivity index (χ1v) is 6.94. The number of halogens is 1. The van der Waals surface area contributed by atoms with Gasteiger partial charge in [-0.2, -0.15) is 0 Å². The molecule has 0 aliphatic carbocycles. The molecule has 0 atom stereocenters. The van der Waals surface area contributed by atoms with Gasteiger partial charge >= 0.3 is 0 Å². The molecule has 0 unspecified atom stereocenters. The summed E-state index contributed by atoms with van der Waals surface area (Å²) in [7, 11) is 0. The molecular formula is C12H8BrN3O2S. The van der Waals surface area contributed by atoms with Crippen LogP contribution in [0.15, 0.2) is 28.1 Å². The number of phenolic OH excluding ortho intramolecular Hbond substituents is 1. The molecule has 0 aliphatic rings. The minimum absolute atomic E-state index is 0.0365. The van der Waals surface area contributed by atoms with E-state index in [1.807, 2.05) is 12.1 Å². The Morgan fingerprint density at radius 2 is 2.16 bits per heavy atom. The van der Waals surface area contributed by atoms with Gasteiger partial charge in [0.25, 0.3) is 5.91 Å². The fraction of sp³-hybridized carbons (Fsp3) is 0. The predicted molar refractivity (Wildman–Crippen MR) is 77.3 cm³/mol. The number of carbonyl (C=O) groups is 1. The number of nitrogens with two attached hydrogens (primary N) is 1. The Bertz CT molecular complexity index is 793. The van der Waals surface area contributed by atoms with Crippen molar-refractivity contribution in [3.8, 4) is 16.5 Å². The SMILES string of the molecule is NC(=O)c1ccc(O)c2[nH]c(-c3ccc(Br)s3)nc12. The zero-order valence-electron chi connectivity index (χ0n) is 9.48. The van der Waals surface area contributed by atoms with Crippen LogP contribution in [0.25, 0.3) is 21.7 Å². The number of benzene rings is 1. The maximum atomic E-state index is 11.4. The Morgan fingerprint density at radius 3 is 2.79 bits per heavy atom. The molecule has 0 fully saturated rings. The quantitative estimate of drug-likeness (QED) is 0.671. The number of thiophene rings is 1. The van der Waals surface area contributed by atoms with E-state index in [0.29, 0.717) is 16.9 Å². The molecule has 3 aromatic rings. The number of imidazole rings is 1. The van der Waals surface area contributed by atoms with Gasteiger partial charge in [0.05, 0.1) is 14.2 Å². The molecule has 3 rings (SSSR count). The fourth-order valence-corrected chi connectivity index (χ4v) is 3.17. The summed E-state index contributed by atoms with van der Waals surface area (Å²) in [5, 5.41) is 9.81. The van der Waals surface area contributed by atoms with E-state index >= 15 is 0 Å². The van der Waals surface area contributed by atoms with E-state index in [2.05, 4.69) is 25.9 Å². The highest BCUT2D eigenvalue weighted by atomic mass is 79.9. The van der Waals surface area contributed by atoms with Crippen LogP contribution in [-0.4, -0.2) is 21.0 Å². The van der Waals surface area contributed by atoms with Crippen molar-refractivity contribution < 1.29 is 9.90 Å². The summed E-state index contributed by atoms with van der Waals surface area (Å²) in [4.78, 5) is 19.6. The highest BCUT2D eigenvalue weighted by Crippen LogP contribution is 2.33. The third-order valence-corrected chi connectivity index (χ3v) is 4.33. The maximum Gasteiger partial charge on any atom is 0.250 e. The van der Waals surface area contributed by atoms with Crippen LogP contribution in [0.4, 0.5) is 0 Å². The molecular weight excluding hydrogens is 330 g/mol. The van der Waals surface area contributed by atoms with Gasteiger partial charge in [-0.3, -0.25) is 4.79 Å². The number of carbonyl (C=O) groups excluding carboxylic acids is 1. The largest absolute Gasteiger partial charge is 0.506 e. The third-order valence-electron chi connectivity index (χ3n) is 2.69. The summed E-state index contributed by atoms with van der Waals surface area (Å²) in [6.07, 6.45) is 0. The van der Waals surface area contributed by atoms with Crippen LogP contribution < -0.4 is 5.73 Å². The van der Waals surface area contributed by atoms with Crippen molar-refractivity contribution in [3.05, 3.63) is 33.6 Å². The molecule has 0 radical (unpaired) electrons. The van der Waals surface area contributed by atoms with E-state index in [0.717, 1.165) is 8.66 Å². The van der Waals surface area contributed by atoms with E-state index in [1.165, 1.54) is 23.5 Å². The van der Waals surface area contributed by atoms with Crippen LogP contribution >= 0.6 is 27.3 Å². The van der Waals surface area contributed by atoms with E-state index in [9.17, 15) is 9.90 Å². The Labute approximate surface area is 120 Å². The number of phenols is 1. The number of H-pyrrole nitrogens is 1. The average Bonchev–Trinajstić information content (AvgIpc) is 2.95. The second-order valence-electron chi connectivity index (χ2n) is 3.91. The lowest BCUT2D eigenvalue weighted by Gasteiger charge is -1.98. The number of hydrogen-bond acceptors (Lipinski definition) is 4. The Hall–Kier alpha value is -1.86. The molecule has 0 saturated heterocycles. The second kappa shape index (κ2) is 4.36. The zero-order valence-corrected chi connectivity index (χ0v) is 11.9. The number of nitrogens with zero attached hydrogens (tertiary/aromatic N) is 1. The molecule has 0 saturated carbocycles. The normalized spacial score (nSPS) is 11.0. The van der Waals surface area contributed by atoms with Crippen LogP contribution in [0.2, 0.25) is 0 Å². The topological polar surface area (TPSA) is 92.0 Å². The molecule has 19 heavy (non-hydrogen) atoms. The minimum Gasteiger partial charge on any atom is -0.506 e. The monoisotopic (exact) mass is 337 g/mol. The highest BCUT2D eigenvalue weighted by molar-refractivity contribution is 9.11. The standard InChI is InChI=1S/C12H8BrN3O2S/c13-8-4-3-7(19-8)12-15-9-5(11(14)18)1-2-6(17)10(9)16-12/h1-4,17H,(H2,14,18)(H,15,16). The van der Waals surface area contributed by atoms with Crippen LogP contribution in [0.3, 0.4) is 0 Å². The zero-order chi connectivity index (χ0) is 13.6. The Morgan fingerprint density at radius 1 is 1.37 bits per heavy atom. The smallest absolute Gasteiger partial charge is 0.250 e. The van der Waals surface area contributed by atoms with Crippen LogP contribution in [-0.2, 0) is 0 Å². The number of aromatic hydroxyl groups is 1.